The van der Waals surface area contributed by atoms with Gasteiger partial charge in [-0.2, -0.15) is 5.10 Å². The molecule has 0 saturated heterocycles. The molecular formula is C19H21BrN2O2S. The third-order valence-corrected chi connectivity index (χ3v) is 4.96. The van der Waals surface area contributed by atoms with Crippen LogP contribution in [-0.2, 0) is 10.5 Å². The van der Waals surface area contributed by atoms with Crippen molar-refractivity contribution in [3.63, 3.8) is 0 Å². The minimum absolute atomic E-state index is 0.115. The molecule has 25 heavy (non-hydrogen) atoms. The summed E-state index contributed by atoms with van der Waals surface area (Å²) in [6.45, 7) is 2.78. The number of halogens is 1. The van der Waals surface area contributed by atoms with Crippen LogP contribution in [0.5, 0.6) is 5.75 Å². The molecular weight excluding hydrogens is 400 g/mol. The van der Waals surface area contributed by atoms with E-state index in [9.17, 15) is 4.79 Å². The van der Waals surface area contributed by atoms with Crippen molar-refractivity contribution in [2.24, 2.45) is 5.10 Å². The summed E-state index contributed by atoms with van der Waals surface area (Å²) in [5.74, 6) is 1.86. The predicted octanol–water partition coefficient (Wildman–Crippen LogP) is 4.62. The van der Waals surface area contributed by atoms with E-state index in [-0.39, 0.29) is 5.91 Å². The van der Waals surface area contributed by atoms with Crippen molar-refractivity contribution in [2.75, 3.05) is 12.4 Å². The van der Waals surface area contributed by atoms with Gasteiger partial charge < -0.3 is 4.74 Å². The number of ether oxygens (including phenoxy) is 1. The first-order valence-electron chi connectivity index (χ1n) is 8.05. The van der Waals surface area contributed by atoms with Gasteiger partial charge in [-0.05, 0) is 47.9 Å². The van der Waals surface area contributed by atoms with Gasteiger partial charge in [-0.25, -0.2) is 5.43 Å². The predicted molar refractivity (Wildman–Crippen MR) is 108 cm³/mol. The van der Waals surface area contributed by atoms with E-state index in [1.165, 1.54) is 5.56 Å². The molecule has 132 valence electrons. The maximum atomic E-state index is 11.8. The number of amides is 1. The van der Waals surface area contributed by atoms with E-state index in [2.05, 4.69) is 33.4 Å². The number of nitrogens with zero attached hydrogens (tertiary/aromatic N) is 1. The number of rotatable bonds is 9. The molecule has 2 aromatic carbocycles. The number of carbonyl (C=O) groups excluding carboxylic acids is 1. The van der Waals surface area contributed by atoms with Gasteiger partial charge in [0.1, 0.15) is 5.75 Å². The van der Waals surface area contributed by atoms with Crippen LogP contribution >= 0.6 is 27.7 Å². The van der Waals surface area contributed by atoms with Crippen molar-refractivity contribution < 1.29 is 9.53 Å². The Morgan fingerprint density at radius 2 is 2.00 bits per heavy atom. The third kappa shape index (κ3) is 7.32. The second-order valence-corrected chi connectivity index (χ2v) is 7.13. The smallest absolute Gasteiger partial charge is 0.250 e. The fraction of sp³-hybridized carbons (Fsp3) is 0.263. The topological polar surface area (TPSA) is 50.7 Å². The second kappa shape index (κ2) is 10.9. The molecule has 0 heterocycles. The van der Waals surface area contributed by atoms with Crippen LogP contribution in [0.3, 0.4) is 0 Å². The zero-order chi connectivity index (χ0) is 17.9. The summed E-state index contributed by atoms with van der Waals surface area (Å²) < 4.78 is 6.58. The SMILES string of the molecule is CCCOc1ccc(/C=N/NC(=O)CSCc2ccccc2Br)cc1. The molecule has 0 spiro atoms. The maximum absolute atomic E-state index is 11.8. The molecule has 6 heteroatoms. The number of hydrogen-bond donors (Lipinski definition) is 1. The highest BCUT2D eigenvalue weighted by molar-refractivity contribution is 9.10. The van der Waals surface area contributed by atoms with E-state index in [0.29, 0.717) is 12.4 Å². The normalized spacial score (nSPS) is 10.8. The Labute approximate surface area is 161 Å². The summed E-state index contributed by atoms with van der Waals surface area (Å²) in [7, 11) is 0. The van der Waals surface area contributed by atoms with E-state index >= 15 is 0 Å². The lowest BCUT2D eigenvalue weighted by molar-refractivity contribution is -0.118. The number of thioether (sulfide) groups is 1. The van der Waals surface area contributed by atoms with Gasteiger partial charge in [0.05, 0.1) is 18.6 Å². The molecule has 0 aliphatic carbocycles. The number of hydrogen-bond acceptors (Lipinski definition) is 4. The minimum Gasteiger partial charge on any atom is -0.494 e. The van der Waals surface area contributed by atoms with E-state index in [1.54, 1.807) is 18.0 Å². The Morgan fingerprint density at radius 1 is 1.24 bits per heavy atom. The lowest BCUT2D eigenvalue weighted by Crippen LogP contribution is -2.19. The minimum atomic E-state index is -0.115. The van der Waals surface area contributed by atoms with Crippen molar-refractivity contribution in [3.8, 4) is 5.75 Å². The van der Waals surface area contributed by atoms with Gasteiger partial charge in [0.25, 0.3) is 0 Å². The highest BCUT2D eigenvalue weighted by Crippen LogP contribution is 2.21. The molecule has 1 N–H and O–H groups in total. The Morgan fingerprint density at radius 3 is 2.72 bits per heavy atom. The Hall–Kier alpha value is -1.79. The fourth-order valence-corrected chi connectivity index (χ4v) is 3.38. The van der Waals surface area contributed by atoms with Gasteiger partial charge in [0, 0.05) is 10.2 Å². The Kier molecular flexibility index (Phi) is 8.55. The second-order valence-electron chi connectivity index (χ2n) is 5.29. The molecule has 0 radical (unpaired) electrons. The van der Waals surface area contributed by atoms with Crippen LogP contribution in [0, 0.1) is 0 Å². The van der Waals surface area contributed by atoms with Crippen LogP contribution < -0.4 is 10.2 Å². The molecule has 0 aromatic heterocycles. The molecule has 0 atom stereocenters. The van der Waals surface area contributed by atoms with E-state index < -0.39 is 0 Å². The molecule has 2 aromatic rings. The molecule has 0 bridgehead atoms. The highest BCUT2D eigenvalue weighted by atomic mass is 79.9. The maximum Gasteiger partial charge on any atom is 0.250 e. The molecule has 0 aliphatic rings. The summed E-state index contributed by atoms with van der Waals surface area (Å²) in [5, 5.41) is 3.99. The van der Waals surface area contributed by atoms with Gasteiger partial charge in [0.2, 0.25) is 5.91 Å². The van der Waals surface area contributed by atoms with Gasteiger partial charge >= 0.3 is 0 Å². The van der Waals surface area contributed by atoms with E-state index in [0.717, 1.165) is 28.0 Å². The van der Waals surface area contributed by atoms with Crippen LogP contribution in [0.25, 0.3) is 0 Å². The zero-order valence-corrected chi connectivity index (χ0v) is 16.5. The van der Waals surface area contributed by atoms with E-state index in [4.69, 9.17) is 4.74 Å². The van der Waals surface area contributed by atoms with Crippen LogP contribution in [0.1, 0.15) is 24.5 Å². The van der Waals surface area contributed by atoms with Crippen molar-refractivity contribution in [3.05, 3.63) is 64.1 Å². The van der Waals surface area contributed by atoms with Crippen LogP contribution in [0.2, 0.25) is 0 Å². The molecule has 2 rings (SSSR count). The first kappa shape index (κ1) is 19.5. The zero-order valence-electron chi connectivity index (χ0n) is 14.1. The van der Waals surface area contributed by atoms with Crippen molar-refractivity contribution in [2.45, 2.75) is 19.1 Å². The summed E-state index contributed by atoms with van der Waals surface area (Å²) in [4.78, 5) is 11.8. The van der Waals surface area contributed by atoms with Gasteiger partial charge in [-0.3, -0.25) is 4.79 Å². The van der Waals surface area contributed by atoms with Crippen molar-refractivity contribution >= 4 is 39.8 Å². The monoisotopic (exact) mass is 420 g/mol. The Bertz CT molecular complexity index is 705. The molecule has 0 saturated carbocycles. The summed E-state index contributed by atoms with van der Waals surface area (Å²) >= 11 is 5.06. The molecule has 1 amide bonds. The third-order valence-electron chi connectivity index (χ3n) is 3.20. The van der Waals surface area contributed by atoms with Gasteiger partial charge in [-0.1, -0.05) is 41.1 Å². The average molecular weight is 421 g/mol. The number of carbonyl (C=O) groups is 1. The van der Waals surface area contributed by atoms with Gasteiger partial charge in [0.15, 0.2) is 0 Å². The molecule has 4 nitrogen and oxygen atoms in total. The quantitative estimate of drug-likeness (QED) is 0.475. The van der Waals surface area contributed by atoms with Crippen molar-refractivity contribution in [1.82, 2.24) is 5.43 Å². The van der Waals surface area contributed by atoms with Crippen LogP contribution in [0.15, 0.2) is 58.1 Å². The first-order valence-corrected chi connectivity index (χ1v) is 9.99. The summed E-state index contributed by atoms with van der Waals surface area (Å²) in [5.41, 5.74) is 4.63. The summed E-state index contributed by atoms with van der Waals surface area (Å²) in [6.07, 6.45) is 2.61. The van der Waals surface area contributed by atoms with Crippen LogP contribution in [0.4, 0.5) is 0 Å². The average Bonchev–Trinajstić information content (AvgIpc) is 2.63. The molecule has 0 unspecified atom stereocenters. The standard InChI is InChI=1S/C19H21BrN2O2S/c1-2-11-24-17-9-7-15(8-10-17)12-21-22-19(23)14-25-13-16-5-3-4-6-18(16)20/h3-10,12H,2,11,13-14H2,1H3,(H,22,23)/b21-12+. The first-order chi connectivity index (χ1) is 12.2. The van der Waals surface area contributed by atoms with E-state index in [1.807, 2.05) is 48.5 Å². The number of hydrazone groups is 1. The summed E-state index contributed by atoms with van der Waals surface area (Å²) in [6, 6.07) is 15.6. The van der Waals surface area contributed by atoms with Crippen molar-refractivity contribution in [1.29, 1.82) is 0 Å². The molecule has 0 aliphatic heterocycles. The molecule has 0 fully saturated rings. The largest absolute Gasteiger partial charge is 0.494 e. The Balaban J connectivity index is 1.70. The number of nitrogens with one attached hydrogen (secondary N) is 1. The van der Waals surface area contributed by atoms with Crippen LogP contribution in [-0.4, -0.2) is 24.5 Å². The number of benzene rings is 2. The lowest BCUT2D eigenvalue weighted by atomic mass is 10.2. The lowest BCUT2D eigenvalue weighted by Gasteiger charge is -2.04. The fourth-order valence-electron chi connectivity index (χ4n) is 1.95. The highest BCUT2D eigenvalue weighted by Gasteiger charge is 2.03. The van der Waals surface area contributed by atoms with Gasteiger partial charge in [-0.15, -0.1) is 11.8 Å².